The Hall–Kier alpha value is -2.70. The summed E-state index contributed by atoms with van der Waals surface area (Å²) < 4.78 is 14.2. The lowest BCUT2D eigenvalue weighted by Gasteiger charge is -2.10. The number of phenols is 1. The Morgan fingerprint density at radius 3 is 2.10 bits per heavy atom. The standard InChI is InChI=1S/C14H16O7/c1-19-11-4-8(5-12(20-2)14(11)18)10(16)6-9(15)7-13(17)21-3/h4-6,16,18H,7H2,1-3H3/b10-6-. The number of carbonyl (C=O) groups excluding carboxylic acids is 2. The lowest BCUT2D eigenvalue weighted by atomic mass is 10.1. The molecule has 114 valence electrons. The van der Waals surface area contributed by atoms with Crippen LogP contribution < -0.4 is 9.47 Å². The largest absolute Gasteiger partial charge is 0.507 e. The van der Waals surface area contributed by atoms with Crippen molar-refractivity contribution in [3.8, 4) is 17.2 Å². The highest BCUT2D eigenvalue weighted by Gasteiger charge is 2.15. The Labute approximate surface area is 121 Å². The van der Waals surface area contributed by atoms with Crippen molar-refractivity contribution in [3.05, 3.63) is 23.8 Å². The highest BCUT2D eigenvalue weighted by atomic mass is 16.5. The predicted octanol–water partition coefficient (Wildman–Crippen LogP) is 1.44. The summed E-state index contributed by atoms with van der Waals surface area (Å²) in [6, 6.07) is 2.66. The van der Waals surface area contributed by atoms with Gasteiger partial charge >= 0.3 is 5.97 Å². The number of hydrogen-bond donors (Lipinski definition) is 2. The van der Waals surface area contributed by atoms with Crippen molar-refractivity contribution in [2.45, 2.75) is 6.42 Å². The number of aromatic hydroxyl groups is 1. The SMILES string of the molecule is COC(=O)CC(=O)/C=C(\O)c1cc(OC)c(O)c(OC)c1. The van der Waals surface area contributed by atoms with E-state index < -0.39 is 18.2 Å². The van der Waals surface area contributed by atoms with Gasteiger partial charge in [-0.25, -0.2) is 0 Å². The fourth-order valence-electron chi connectivity index (χ4n) is 1.54. The van der Waals surface area contributed by atoms with Crippen LogP contribution in [0.4, 0.5) is 0 Å². The Balaban J connectivity index is 3.09. The molecule has 0 aromatic heterocycles. The molecule has 0 aliphatic heterocycles. The van der Waals surface area contributed by atoms with E-state index in [0.29, 0.717) is 0 Å². The van der Waals surface area contributed by atoms with E-state index in [1.54, 1.807) is 0 Å². The molecule has 0 heterocycles. The third kappa shape index (κ3) is 4.13. The molecule has 0 unspecified atom stereocenters. The van der Waals surface area contributed by atoms with Crippen LogP contribution >= 0.6 is 0 Å². The molecular weight excluding hydrogens is 280 g/mol. The number of allylic oxidation sites excluding steroid dienone is 1. The Morgan fingerprint density at radius 1 is 1.14 bits per heavy atom. The summed E-state index contributed by atoms with van der Waals surface area (Å²) in [5.74, 6) is -1.79. The minimum atomic E-state index is -0.704. The maximum Gasteiger partial charge on any atom is 0.313 e. The number of ketones is 1. The van der Waals surface area contributed by atoms with Crippen molar-refractivity contribution in [2.75, 3.05) is 21.3 Å². The van der Waals surface area contributed by atoms with E-state index in [4.69, 9.17) is 9.47 Å². The Morgan fingerprint density at radius 2 is 1.67 bits per heavy atom. The van der Waals surface area contributed by atoms with Gasteiger partial charge in [0.2, 0.25) is 5.75 Å². The van der Waals surface area contributed by atoms with Gasteiger partial charge in [0.1, 0.15) is 12.2 Å². The molecule has 0 atom stereocenters. The molecule has 0 spiro atoms. The summed E-state index contributed by atoms with van der Waals surface area (Å²) in [4.78, 5) is 22.5. The number of aliphatic hydroxyl groups is 1. The van der Waals surface area contributed by atoms with Gasteiger partial charge in [-0.1, -0.05) is 0 Å². The number of benzene rings is 1. The molecule has 1 rings (SSSR count). The molecule has 7 nitrogen and oxygen atoms in total. The number of methoxy groups -OCH3 is 3. The van der Waals surface area contributed by atoms with Crippen molar-refractivity contribution in [1.29, 1.82) is 0 Å². The number of rotatable bonds is 6. The molecule has 1 aromatic carbocycles. The van der Waals surface area contributed by atoms with Gasteiger partial charge in [0, 0.05) is 11.6 Å². The first-order valence-corrected chi connectivity index (χ1v) is 5.88. The molecule has 7 heteroatoms. The van der Waals surface area contributed by atoms with Gasteiger partial charge in [-0.2, -0.15) is 0 Å². The van der Waals surface area contributed by atoms with Crippen LogP contribution in [-0.4, -0.2) is 43.3 Å². The number of esters is 1. The normalized spacial score (nSPS) is 10.9. The van der Waals surface area contributed by atoms with E-state index in [2.05, 4.69) is 4.74 Å². The smallest absolute Gasteiger partial charge is 0.313 e. The summed E-state index contributed by atoms with van der Waals surface area (Å²) in [7, 11) is 3.83. The molecule has 21 heavy (non-hydrogen) atoms. The van der Waals surface area contributed by atoms with Crippen molar-refractivity contribution in [2.24, 2.45) is 0 Å². The van der Waals surface area contributed by atoms with Crippen LogP contribution in [0, 0.1) is 0 Å². The number of hydrogen-bond acceptors (Lipinski definition) is 7. The zero-order valence-corrected chi connectivity index (χ0v) is 11.9. The molecule has 0 fully saturated rings. The highest BCUT2D eigenvalue weighted by Crippen LogP contribution is 2.38. The van der Waals surface area contributed by atoms with Crippen molar-refractivity contribution < 1.29 is 34.0 Å². The molecule has 0 amide bonds. The van der Waals surface area contributed by atoms with E-state index in [0.717, 1.165) is 13.2 Å². The second kappa shape index (κ2) is 7.18. The Bertz CT molecular complexity index is 550. The number of aliphatic hydroxyl groups excluding tert-OH is 1. The van der Waals surface area contributed by atoms with Gasteiger partial charge in [-0.3, -0.25) is 9.59 Å². The third-order valence-electron chi connectivity index (χ3n) is 2.62. The van der Waals surface area contributed by atoms with Crippen LogP contribution in [0.15, 0.2) is 18.2 Å². The first-order chi connectivity index (χ1) is 9.92. The highest BCUT2D eigenvalue weighted by molar-refractivity contribution is 6.04. The lowest BCUT2D eigenvalue weighted by molar-refractivity contribution is -0.142. The fourth-order valence-corrected chi connectivity index (χ4v) is 1.54. The number of ether oxygens (including phenoxy) is 3. The van der Waals surface area contributed by atoms with Gasteiger partial charge in [-0.15, -0.1) is 0 Å². The van der Waals surface area contributed by atoms with Gasteiger partial charge < -0.3 is 24.4 Å². The molecule has 2 N–H and O–H groups in total. The fraction of sp³-hybridized carbons (Fsp3) is 0.286. The Kier molecular flexibility index (Phi) is 5.59. The number of carbonyl (C=O) groups is 2. The van der Waals surface area contributed by atoms with Crippen molar-refractivity contribution in [1.82, 2.24) is 0 Å². The van der Waals surface area contributed by atoms with E-state index in [-0.39, 0.29) is 28.6 Å². The number of phenolic OH excluding ortho intramolecular Hbond substituents is 1. The summed E-state index contributed by atoms with van der Waals surface area (Å²) >= 11 is 0. The monoisotopic (exact) mass is 296 g/mol. The van der Waals surface area contributed by atoms with Gasteiger partial charge in [-0.05, 0) is 12.1 Å². The van der Waals surface area contributed by atoms with E-state index in [1.165, 1.54) is 26.4 Å². The topological polar surface area (TPSA) is 102 Å². The van der Waals surface area contributed by atoms with Gasteiger partial charge in [0.05, 0.1) is 21.3 Å². The molecule has 0 aliphatic rings. The van der Waals surface area contributed by atoms with Gasteiger partial charge in [0.15, 0.2) is 17.3 Å². The second-order valence-corrected chi connectivity index (χ2v) is 3.98. The van der Waals surface area contributed by atoms with Crippen LogP contribution in [0.2, 0.25) is 0 Å². The zero-order valence-electron chi connectivity index (χ0n) is 11.9. The van der Waals surface area contributed by atoms with Crippen LogP contribution in [-0.2, 0) is 14.3 Å². The van der Waals surface area contributed by atoms with Crippen LogP contribution in [0.25, 0.3) is 5.76 Å². The van der Waals surface area contributed by atoms with Crippen LogP contribution in [0.3, 0.4) is 0 Å². The first-order valence-electron chi connectivity index (χ1n) is 5.88. The minimum Gasteiger partial charge on any atom is -0.507 e. The van der Waals surface area contributed by atoms with Crippen molar-refractivity contribution in [3.63, 3.8) is 0 Å². The third-order valence-corrected chi connectivity index (χ3v) is 2.62. The molecular formula is C14H16O7. The van der Waals surface area contributed by atoms with Crippen molar-refractivity contribution >= 4 is 17.5 Å². The van der Waals surface area contributed by atoms with Crippen LogP contribution in [0.1, 0.15) is 12.0 Å². The second-order valence-electron chi connectivity index (χ2n) is 3.98. The van der Waals surface area contributed by atoms with E-state index >= 15 is 0 Å². The molecule has 0 aliphatic carbocycles. The predicted molar refractivity (Wildman–Crippen MR) is 73.5 cm³/mol. The maximum atomic E-state index is 11.5. The maximum absolute atomic E-state index is 11.5. The van der Waals surface area contributed by atoms with E-state index in [9.17, 15) is 19.8 Å². The molecule has 1 aromatic rings. The average Bonchev–Trinajstić information content (AvgIpc) is 2.46. The summed E-state index contributed by atoms with van der Waals surface area (Å²) in [6.07, 6.45) is 0.412. The first kappa shape index (κ1) is 16.4. The summed E-state index contributed by atoms with van der Waals surface area (Å²) in [5, 5.41) is 19.7. The summed E-state index contributed by atoms with van der Waals surface area (Å²) in [5.41, 5.74) is 0.194. The minimum absolute atomic E-state index is 0.0738. The lowest BCUT2D eigenvalue weighted by Crippen LogP contribution is -2.07. The molecule has 0 bridgehead atoms. The molecule has 0 radical (unpaired) electrons. The van der Waals surface area contributed by atoms with Gasteiger partial charge in [0.25, 0.3) is 0 Å². The quantitative estimate of drug-likeness (QED) is 0.354. The molecule has 0 saturated heterocycles. The zero-order chi connectivity index (χ0) is 16.0. The molecule has 0 saturated carbocycles. The van der Waals surface area contributed by atoms with Crippen LogP contribution in [0.5, 0.6) is 17.2 Å². The average molecular weight is 296 g/mol. The van der Waals surface area contributed by atoms with E-state index in [1.807, 2.05) is 0 Å². The summed E-state index contributed by atoms with van der Waals surface area (Å²) in [6.45, 7) is 0.